The van der Waals surface area contributed by atoms with Crippen LogP contribution in [-0.4, -0.2) is 42.8 Å². The van der Waals surface area contributed by atoms with Gasteiger partial charge < -0.3 is 19.2 Å². The number of carbonyl (C=O) groups is 3. The van der Waals surface area contributed by atoms with E-state index in [4.69, 9.17) is 20.8 Å². The summed E-state index contributed by atoms with van der Waals surface area (Å²) < 4.78 is 14.9. The summed E-state index contributed by atoms with van der Waals surface area (Å²) in [5, 5.41) is 3.43. The summed E-state index contributed by atoms with van der Waals surface area (Å²) in [5.41, 5.74) is 1.55. The molecule has 1 heterocycles. The van der Waals surface area contributed by atoms with Gasteiger partial charge in [0.25, 0.3) is 5.22 Å². The van der Waals surface area contributed by atoms with Crippen molar-refractivity contribution in [2.24, 2.45) is 0 Å². The van der Waals surface area contributed by atoms with E-state index in [0.29, 0.717) is 21.3 Å². The number of aromatic nitrogens is 1. The van der Waals surface area contributed by atoms with Crippen molar-refractivity contribution in [3.05, 3.63) is 52.5 Å². The van der Waals surface area contributed by atoms with Crippen LogP contribution in [-0.2, 0) is 14.3 Å². The van der Waals surface area contributed by atoms with Gasteiger partial charge in [-0.3, -0.25) is 4.79 Å². The summed E-state index contributed by atoms with van der Waals surface area (Å²) in [5.74, 6) is -1.72. The molecule has 8 nitrogen and oxygen atoms in total. The molecule has 0 saturated carbocycles. The molecule has 0 fully saturated rings. The predicted octanol–water partition coefficient (Wildman–Crippen LogP) is 3.79. The van der Waals surface area contributed by atoms with Crippen LogP contribution in [0.4, 0.5) is 5.69 Å². The fourth-order valence-corrected chi connectivity index (χ4v) is 3.24. The van der Waals surface area contributed by atoms with Crippen LogP contribution in [0.15, 0.2) is 46.0 Å². The number of anilines is 1. The van der Waals surface area contributed by atoms with Crippen molar-refractivity contribution >= 4 is 58.0 Å². The molecular formula is C19H15ClN2O6S. The standard InChI is InChI=1S/C19H15ClN2O6S/c1-26-17(24)10-3-5-12(18(25)27-2)13(7-10)21-16(23)9-29-19-22-14-8-11(20)4-6-15(14)28-19/h3-8H,9H2,1-2H3,(H,21,23). The Morgan fingerprint density at radius 2 is 1.86 bits per heavy atom. The molecule has 1 N–H and O–H groups in total. The van der Waals surface area contributed by atoms with Crippen molar-refractivity contribution in [1.29, 1.82) is 0 Å². The topological polar surface area (TPSA) is 108 Å². The summed E-state index contributed by atoms with van der Waals surface area (Å²) in [7, 11) is 2.45. The highest BCUT2D eigenvalue weighted by Gasteiger charge is 2.18. The minimum Gasteiger partial charge on any atom is -0.465 e. The van der Waals surface area contributed by atoms with Crippen molar-refractivity contribution in [1.82, 2.24) is 4.98 Å². The number of nitrogens with one attached hydrogen (secondary N) is 1. The number of thioether (sulfide) groups is 1. The molecule has 3 aromatic rings. The molecule has 1 aromatic heterocycles. The van der Waals surface area contributed by atoms with Crippen LogP contribution in [0.2, 0.25) is 5.02 Å². The summed E-state index contributed by atoms with van der Waals surface area (Å²) in [4.78, 5) is 40.3. The maximum Gasteiger partial charge on any atom is 0.339 e. The van der Waals surface area contributed by atoms with Gasteiger partial charge in [0.05, 0.1) is 36.8 Å². The van der Waals surface area contributed by atoms with Gasteiger partial charge in [0.15, 0.2) is 5.58 Å². The zero-order chi connectivity index (χ0) is 21.0. The van der Waals surface area contributed by atoms with E-state index in [1.54, 1.807) is 18.2 Å². The number of rotatable bonds is 6. The number of carbonyl (C=O) groups excluding carboxylic acids is 3. The molecule has 0 saturated heterocycles. The van der Waals surface area contributed by atoms with Crippen LogP contribution in [0.5, 0.6) is 0 Å². The largest absolute Gasteiger partial charge is 0.465 e. The van der Waals surface area contributed by atoms with Crippen LogP contribution in [0.25, 0.3) is 11.1 Å². The third-order valence-corrected chi connectivity index (χ3v) is 4.84. The average molecular weight is 435 g/mol. The maximum atomic E-state index is 12.4. The quantitative estimate of drug-likeness (QED) is 0.461. The fourth-order valence-electron chi connectivity index (χ4n) is 2.44. The Labute approximate surface area is 174 Å². The number of nitrogens with zero attached hydrogens (tertiary/aromatic N) is 1. The lowest BCUT2D eigenvalue weighted by atomic mass is 10.1. The van der Waals surface area contributed by atoms with Crippen molar-refractivity contribution in [2.45, 2.75) is 5.22 Å². The number of halogens is 1. The third-order valence-electron chi connectivity index (χ3n) is 3.78. The Morgan fingerprint density at radius 3 is 2.59 bits per heavy atom. The minimum absolute atomic E-state index is 0.0381. The molecule has 10 heteroatoms. The molecule has 150 valence electrons. The van der Waals surface area contributed by atoms with Crippen molar-refractivity contribution < 1.29 is 28.3 Å². The van der Waals surface area contributed by atoms with Crippen molar-refractivity contribution in [3.63, 3.8) is 0 Å². The van der Waals surface area contributed by atoms with E-state index in [0.717, 1.165) is 11.8 Å². The lowest BCUT2D eigenvalue weighted by Crippen LogP contribution is -2.18. The first-order chi connectivity index (χ1) is 13.9. The Bertz CT molecular complexity index is 1100. The van der Waals surface area contributed by atoms with Gasteiger partial charge >= 0.3 is 11.9 Å². The number of hydrogen-bond acceptors (Lipinski definition) is 8. The second-order valence-electron chi connectivity index (χ2n) is 5.67. The highest BCUT2D eigenvalue weighted by atomic mass is 35.5. The van der Waals surface area contributed by atoms with Gasteiger partial charge in [-0.15, -0.1) is 0 Å². The zero-order valence-corrected chi connectivity index (χ0v) is 16.9. The van der Waals surface area contributed by atoms with E-state index in [1.807, 2.05) is 0 Å². The molecule has 0 atom stereocenters. The average Bonchev–Trinajstić information content (AvgIpc) is 3.13. The molecule has 0 aliphatic heterocycles. The summed E-state index contributed by atoms with van der Waals surface area (Å²) in [6, 6.07) is 9.17. The van der Waals surface area contributed by atoms with Crippen LogP contribution in [0, 0.1) is 0 Å². The molecule has 0 spiro atoms. The SMILES string of the molecule is COC(=O)c1ccc(C(=O)OC)c(NC(=O)CSc2nc3cc(Cl)ccc3o2)c1. The smallest absolute Gasteiger partial charge is 0.339 e. The highest BCUT2D eigenvalue weighted by molar-refractivity contribution is 7.99. The van der Waals surface area contributed by atoms with Crippen LogP contribution >= 0.6 is 23.4 Å². The van der Waals surface area contributed by atoms with Gasteiger partial charge in [0.2, 0.25) is 5.91 Å². The van der Waals surface area contributed by atoms with Crippen molar-refractivity contribution in [3.8, 4) is 0 Å². The van der Waals surface area contributed by atoms with Gasteiger partial charge in [-0.25, -0.2) is 14.6 Å². The summed E-state index contributed by atoms with van der Waals surface area (Å²) >= 11 is 6.99. The van der Waals surface area contributed by atoms with Crippen LogP contribution in [0.3, 0.4) is 0 Å². The molecular weight excluding hydrogens is 420 g/mol. The molecule has 2 aromatic carbocycles. The maximum absolute atomic E-state index is 12.4. The number of oxazole rings is 1. The van der Waals surface area contributed by atoms with E-state index in [-0.39, 0.29) is 22.6 Å². The number of benzene rings is 2. The Morgan fingerprint density at radius 1 is 1.10 bits per heavy atom. The molecule has 0 bridgehead atoms. The first-order valence-corrected chi connectivity index (χ1v) is 9.57. The molecule has 0 unspecified atom stereocenters. The van der Waals surface area contributed by atoms with Gasteiger partial charge in [-0.1, -0.05) is 23.4 Å². The first-order valence-electron chi connectivity index (χ1n) is 8.20. The molecule has 0 radical (unpaired) electrons. The molecule has 0 aliphatic carbocycles. The van der Waals surface area contributed by atoms with Gasteiger partial charge in [0, 0.05) is 5.02 Å². The lowest BCUT2D eigenvalue weighted by Gasteiger charge is -2.11. The Hall–Kier alpha value is -3.04. The number of fused-ring (bicyclic) bond motifs is 1. The van der Waals surface area contributed by atoms with Crippen LogP contribution < -0.4 is 5.32 Å². The molecule has 29 heavy (non-hydrogen) atoms. The second-order valence-corrected chi connectivity index (χ2v) is 7.04. The molecule has 0 aliphatic rings. The summed E-state index contributed by atoms with van der Waals surface area (Å²) in [6.45, 7) is 0. The Balaban J connectivity index is 1.74. The van der Waals surface area contributed by atoms with E-state index < -0.39 is 17.8 Å². The molecule has 3 rings (SSSR count). The molecule has 1 amide bonds. The van der Waals surface area contributed by atoms with Crippen molar-refractivity contribution in [2.75, 3.05) is 25.3 Å². The highest BCUT2D eigenvalue weighted by Crippen LogP contribution is 2.26. The zero-order valence-electron chi connectivity index (χ0n) is 15.4. The summed E-state index contributed by atoms with van der Waals surface area (Å²) in [6.07, 6.45) is 0. The van der Waals surface area contributed by atoms with E-state index in [2.05, 4.69) is 15.0 Å². The first kappa shape index (κ1) is 20.7. The van der Waals surface area contributed by atoms with Gasteiger partial charge in [0.1, 0.15) is 5.52 Å². The van der Waals surface area contributed by atoms with E-state index >= 15 is 0 Å². The number of amides is 1. The van der Waals surface area contributed by atoms with Gasteiger partial charge in [-0.05, 0) is 36.4 Å². The number of esters is 2. The minimum atomic E-state index is -0.653. The van der Waals surface area contributed by atoms with E-state index in [1.165, 1.54) is 32.4 Å². The van der Waals surface area contributed by atoms with Crippen LogP contribution in [0.1, 0.15) is 20.7 Å². The lowest BCUT2D eigenvalue weighted by molar-refractivity contribution is -0.113. The van der Waals surface area contributed by atoms with Gasteiger partial charge in [-0.2, -0.15) is 0 Å². The fraction of sp³-hybridized carbons (Fsp3) is 0.158. The number of hydrogen-bond donors (Lipinski definition) is 1. The number of ether oxygens (including phenoxy) is 2. The Kier molecular flexibility index (Phi) is 6.40. The second kappa shape index (κ2) is 8.97. The number of methoxy groups -OCH3 is 2. The van der Waals surface area contributed by atoms with E-state index in [9.17, 15) is 14.4 Å². The monoisotopic (exact) mass is 434 g/mol. The third kappa shape index (κ3) is 4.87. The normalized spacial score (nSPS) is 10.6. The predicted molar refractivity (Wildman–Crippen MR) is 107 cm³/mol.